The molecule has 0 atom stereocenters. The number of rotatable bonds is 4. The highest BCUT2D eigenvalue weighted by molar-refractivity contribution is 5.65. The van der Waals surface area contributed by atoms with Crippen molar-refractivity contribution in [1.29, 1.82) is 0 Å². The number of nitrogens with zero attached hydrogens (tertiary/aromatic N) is 2. The standard InChI is InChI=1S/C13H17N3O2/c1-16-13(14)7-11(15-16)9-4-5-10(8-17-2)12(6-9)18-3/h4-7H,8,14H2,1-3H3. The van der Waals surface area contributed by atoms with E-state index in [2.05, 4.69) is 5.10 Å². The van der Waals surface area contributed by atoms with Gasteiger partial charge in [-0.1, -0.05) is 12.1 Å². The van der Waals surface area contributed by atoms with Crippen LogP contribution in [-0.2, 0) is 18.4 Å². The second kappa shape index (κ2) is 5.10. The first-order valence-electron chi connectivity index (χ1n) is 5.61. The molecule has 0 amide bonds. The summed E-state index contributed by atoms with van der Waals surface area (Å²) in [7, 11) is 5.12. The van der Waals surface area contributed by atoms with Crippen molar-refractivity contribution in [3.05, 3.63) is 29.8 Å². The number of benzene rings is 1. The zero-order valence-corrected chi connectivity index (χ0v) is 10.8. The summed E-state index contributed by atoms with van der Waals surface area (Å²) in [4.78, 5) is 0. The van der Waals surface area contributed by atoms with Crippen molar-refractivity contribution in [2.45, 2.75) is 6.61 Å². The largest absolute Gasteiger partial charge is 0.496 e. The quantitative estimate of drug-likeness (QED) is 0.895. The van der Waals surface area contributed by atoms with Crippen LogP contribution in [-0.4, -0.2) is 24.0 Å². The molecule has 1 aromatic heterocycles. The number of nitrogen functional groups attached to an aromatic ring is 1. The summed E-state index contributed by atoms with van der Waals surface area (Å²) in [5, 5.41) is 4.34. The minimum atomic E-state index is 0.522. The summed E-state index contributed by atoms with van der Waals surface area (Å²) in [5.41, 5.74) is 8.58. The fraction of sp³-hybridized carbons (Fsp3) is 0.308. The van der Waals surface area contributed by atoms with Crippen LogP contribution in [0.1, 0.15) is 5.56 Å². The molecule has 0 spiro atoms. The number of methoxy groups -OCH3 is 2. The van der Waals surface area contributed by atoms with Crippen LogP contribution in [0.4, 0.5) is 5.82 Å². The Kier molecular flexibility index (Phi) is 3.53. The number of aromatic nitrogens is 2. The van der Waals surface area contributed by atoms with Crippen molar-refractivity contribution >= 4 is 5.82 Å². The molecule has 0 saturated carbocycles. The molecule has 1 heterocycles. The Morgan fingerprint density at radius 3 is 2.61 bits per heavy atom. The van der Waals surface area contributed by atoms with Crippen LogP contribution in [0.2, 0.25) is 0 Å². The average molecular weight is 247 g/mol. The second-order valence-corrected chi connectivity index (χ2v) is 4.04. The smallest absolute Gasteiger partial charge is 0.125 e. The maximum Gasteiger partial charge on any atom is 0.125 e. The molecule has 96 valence electrons. The van der Waals surface area contributed by atoms with E-state index in [4.69, 9.17) is 15.2 Å². The van der Waals surface area contributed by atoms with Gasteiger partial charge in [0.2, 0.25) is 0 Å². The zero-order chi connectivity index (χ0) is 13.1. The molecule has 0 aliphatic rings. The number of ether oxygens (including phenoxy) is 2. The first-order chi connectivity index (χ1) is 8.65. The van der Waals surface area contributed by atoms with Crippen LogP contribution in [0, 0.1) is 0 Å². The number of hydrogen-bond acceptors (Lipinski definition) is 4. The van der Waals surface area contributed by atoms with E-state index >= 15 is 0 Å². The monoisotopic (exact) mass is 247 g/mol. The summed E-state index contributed by atoms with van der Waals surface area (Å²) < 4.78 is 12.1. The van der Waals surface area contributed by atoms with Gasteiger partial charge in [0.05, 0.1) is 19.4 Å². The highest BCUT2D eigenvalue weighted by Gasteiger charge is 2.09. The van der Waals surface area contributed by atoms with Crippen LogP contribution >= 0.6 is 0 Å². The van der Waals surface area contributed by atoms with Crippen molar-refractivity contribution < 1.29 is 9.47 Å². The minimum absolute atomic E-state index is 0.522. The predicted octanol–water partition coefficient (Wildman–Crippen LogP) is 1.82. The van der Waals surface area contributed by atoms with Gasteiger partial charge in [0, 0.05) is 31.4 Å². The topological polar surface area (TPSA) is 62.3 Å². The van der Waals surface area contributed by atoms with Gasteiger partial charge < -0.3 is 15.2 Å². The van der Waals surface area contributed by atoms with Crippen LogP contribution in [0.25, 0.3) is 11.3 Å². The Morgan fingerprint density at radius 2 is 2.06 bits per heavy atom. The third kappa shape index (κ3) is 2.31. The third-order valence-corrected chi connectivity index (χ3v) is 2.80. The maximum absolute atomic E-state index is 5.78. The molecular weight excluding hydrogens is 230 g/mol. The first-order valence-corrected chi connectivity index (χ1v) is 5.61. The van der Waals surface area contributed by atoms with E-state index in [0.717, 1.165) is 22.6 Å². The van der Waals surface area contributed by atoms with Crippen LogP contribution < -0.4 is 10.5 Å². The molecule has 0 unspecified atom stereocenters. The lowest BCUT2D eigenvalue weighted by atomic mass is 10.1. The SMILES string of the molecule is COCc1ccc(-c2cc(N)n(C)n2)cc1OC. The molecule has 18 heavy (non-hydrogen) atoms. The van der Waals surface area contributed by atoms with Gasteiger partial charge in [0.25, 0.3) is 0 Å². The lowest BCUT2D eigenvalue weighted by molar-refractivity contribution is 0.181. The summed E-state index contributed by atoms with van der Waals surface area (Å²) >= 11 is 0. The van der Waals surface area contributed by atoms with Crippen LogP contribution in [0.5, 0.6) is 5.75 Å². The zero-order valence-electron chi connectivity index (χ0n) is 10.8. The number of nitrogens with two attached hydrogens (primary N) is 1. The van der Waals surface area contributed by atoms with Gasteiger partial charge in [-0.25, -0.2) is 0 Å². The van der Waals surface area contributed by atoms with Crippen LogP contribution in [0.3, 0.4) is 0 Å². The number of anilines is 1. The highest BCUT2D eigenvalue weighted by Crippen LogP contribution is 2.27. The van der Waals surface area contributed by atoms with E-state index in [0.29, 0.717) is 12.4 Å². The van der Waals surface area contributed by atoms with Crippen molar-refractivity contribution in [1.82, 2.24) is 9.78 Å². The molecular formula is C13H17N3O2. The minimum Gasteiger partial charge on any atom is -0.496 e. The molecule has 5 nitrogen and oxygen atoms in total. The molecule has 2 rings (SSSR count). The molecule has 5 heteroatoms. The summed E-state index contributed by atoms with van der Waals surface area (Å²) in [6.07, 6.45) is 0. The van der Waals surface area contributed by atoms with Gasteiger partial charge in [0.1, 0.15) is 11.6 Å². The van der Waals surface area contributed by atoms with Gasteiger partial charge in [-0.15, -0.1) is 0 Å². The molecule has 0 aliphatic carbocycles. The fourth-order valence-corrected chi connectivity index (χ4v) is 1.80. The van der Waals surface area contributed by atoms with E-state index in [1.54, 1.807) is 18.9 Å². The Labute approximate surface area is 106 Å². The normalized spacial score (nSPS) is 10.6. The molecule has 2 N–H and O–H groups in total. The molecule has 0 radical (unpaired) electrons. The Balaban J connectivity index is 2.40. The van der Waals surface area contributed by atoms with Gasteiger partial charge >= 0.3 is 0 Å². The van der Waals surface area contributed by atoms with E-state index in [1.807, 2.05) is 31.3 Å². The summed E-state index contributed by atoms with van der Waals surface area (Å²) in [6, 6.07) is 7.74. The molecule has 2 aromatic rings. The van der Waals surface area contributed by atoms with Crippen molar-refractivity contribution in [3.8, 4) is 17.0 Å². The Hall–Kier alpha value is -2.01. The number of hydrogen-bond donors (Lipinski definition) is 1. The molecule has 0 fully saturated rings. The first kappa shape index (κ1) is 12.4. The van der Waals surface area contributed by atoms with E-state index in [-0.39, 0.29) is 0 Å². The van der Waals surface area contributed by atoms with Gasteiger partial charge in [0.15, 0.2) is 0 Å². The van der Waals surface area contributed by atoms with E-state index in [1.165, 1.54) is 0 Å². The van der Waals surface area contributed by atoms with Gasteiger partial charge in [-0.2, -0.15) is 5.10 Å². The molecule has 1 aromatic carbocycles. The van der Waals surface area contributed by atoms with Gasteiger partial charge in [-0.05, 0) is 6.07 Å². The highest BCUT2D eigenvalue weighted by atomic mass is 16.5. The molecule has 0 aliphatic heterocycles. The van der Waals surface area contributed by atoms with Crippen molar-refractivity contribution in [2.24, 2.45) is 7.05 Å². The summed E-state index contributed by atoms with van der Waals surface area (Å²) in [5.74, 6) is 1.42. The number of aryl methyl sites for hydroxylation is 1. The van der Waals surface area contributed by atoms with Crippen molar-refractivity contribution in [2.75, 3.05) is 20.0 Å². The maximum atomic E-state index is 5.78. The summed E-state index contributed by atoms with van der Waals surface area (Å²) in [6.45, 7) is 0.522. The lowest BCUT2D eigenvalue weighted by Gasteiger charge is -2.09. The second-order valence-electron chi connectivity index (χ2n) is 4.04. The average Bonchev–Trinajstić information content (AvgIpc) is 2.70. The van der Waals surface area contributed by atoms with Gasteiger partial charge in [-0.3, -0.25) is 4.68 Å². The molecule has 0 bridgehead atoms. The molecule has 0 saturated heterocycles. The fourth-order valence-electron chi connectivity index (χ4n) is 1.80. The Morgan fingerprint density at radius 1 is 1.28 bits per heavy atom. The van der Waals surface area contributed by atoms with E-state index in [9.17, 15) is 0 Å². The third-order valence-electron chi connectivity index (χ3n) is 2.80. The lowest BCUT2D eigenvalue weighted by Crippen LogP contribution is -1.97. The van der Waals surface area contributed by atoms with Crippen LogP contribution in [0.15, 0.2) is 24.3 Å². The van der Waals surface area contributed by atoms with Crippen molar-refractivity contribution in [3.63, 3.8) is 0 Å². The van der Waals surface area contributed by atoms with E-state index < -0.39 is 0 Å². The predicted molar refractivity (Wildman–Crippen MR) is 70.3 cm³/mol. The Bertz CT molecular complexity index is 530.